The summed E-state index contributed by atoms with van der Waals surface area (Å²) in [5.74, 6) is 0.911. The van der Waals surface area contributed by atoms with E-state index in [0.717, 1.165) is 12.8 Å². The fourth-order valence-electron chi connectivity index (χ4n) is 1.67. The van der Waals surface area contributed by atoms with E-state index < -0.39 is 0 Å². The summed E-state index contributed by atoms with van der Waals surface area (Å²) in [5, 5.41) is 2.87. The largest absolute Gasteiger partial charge is 0.497 e. The third-order valence-electron chi connectivity index (χ3n) is 3.40. The molecule has 5 nitrogen and oxygen atoms in total. The van der Waals surface area contributed by atoms with Gasteiger partial charge in [0.15, 0.2) is 0 Å². The summed E-state index contributed by atoms with van der Waals surface area (Å²) >= 11 is 0. The maximum absolute atomic E-state index is 12.1. The van der Waals surface area contributed by atoms with Gasteiger partial charge < -0.3 is 20.5 Å². The number of anilines is 1. The first kappa shape index (κ1) is 17.3. The van der Waals surface area contributed by atoms with Crippen LogP contribution in [-0.2, 0) is 4.79 Å². The number of rotatable bonds is 8. The fraction of sp³-hybridized carbons (Fsp3) is 0.562. The standard InChI is InChI=1S/C16H26N2O3/c1-5-6-9-21-15-8-7-13(20-4)10-14(15)18-16(19)11(2)12(3)17/h7-8,10-12H,5-6,9,17H2,1-4H3,(H,18,19). The highest BCUT2D eigenvalue weighted by atomic mass is 16.5. The van der Waals surface area contributed by atoms with Crippen LogP contribution in [0.1, 0.15) is 33.6 Å². The van der Waals surface area contributed by atoms with Crippen molar-refractivity contribution in [3.8, 4) is 11.5 Å². The second kappa shape index (κ2) is 8.52. The molecule has 0 aliphatic rings. The highest BCUT2D eigenvalue weighted by Crippen LogP contribution is 2.30. The van der Waals surface area contributed by atoms with Gasteiger partial charge in [0.25, 0.3) is 0 Å². The molecule has 0 aliphatic carbocycles. The molecule has 2 atom stereocenters. The zero-order valence-electron chi connectivity index (χ0n) is 13.3. The lowest BCUT2D eigenvalue weighted by Gasteiger charge is -2.18. The van der Waals surface area contributed by atoms with Crippen molar-refractivity contribution in [2.45, 2.75) is 39.7 Å². The fourth-order valence-corrected chi connectivity index (χ4v) is 1.67. The molecular weight excluding hydrogens is 268 g/mol. The molecule has 3 N–H and O–H groups in total. The molecule has 21 heavy (non-hydrogen) atoms. The Labute approximate surface area is 126 Å². The van der Waals surface area contributed by atoms with Gasteiger partial charge in [0.1, 0.15) is 11.5 Å². The zero-order valence-corrected chi connectivity index (χ0v) is 13.3. The van der Waals surface area contributed by atoms with Gasteiger partial charge in [-0.2, -0.15) is 0 Å². The summed E-state index contributed by atoms with van der Waals surface area (Å²) in [6.45, 7) is 6.34. The number of methoxy groups -OCH3 is 1. The van der Waals surface area contributed by atoms with Crippen LogP contribution < -0.4 is 20.5 Å². The summed E-state index contributed by atoms with van der Waals surface area (Å²) in [5.41, 5.74) is 6.38. The highest BCUT2D eigenvalue weighted by Gasteiger charge is 2.19. The Balaban J connectivity index is 2.87. The molecule has 1 aromatic carbocycles. The smallest absolute Gasteiger partial charge is 0.228 e. The van der Waals surface area contributed by atoms with E-state index in [-0.39, 0.29) is 17.9 Å². The van der Waals surface area contributed by atoms with Crippen LogP contribution in [0.2, 0.25) is 0 Å². The van der Waals surface area contributed by atoms with Gasteiger partial charge in [0.2, 0.25) is 5.91 Å². The van der Waals surface area contributed by atoms with Gasteiger partial charge in [-0.15, -0.1) is 0 Å². The van der Waals surface area contributed by atoms with Gasteiger partial charge >= 0.3 is 0 Å². The van der Waals surface area contributed by atoms with Crippen LogP contribution in [0.15, 0.2) is 18.2 Å². The molecule has 1 rings (SSSR count). The molecular formula is C16H26N2O3. The van der Waals surface area contributed by atoms with Crippen molar-refractivity contribution in [3.05, 3.63) is 18.2 Å². The molecule has 0 fully saturated rings. The van der Waals surface area contributed by atoms with Gasteiger partial charge in [-0.05, 0) is 25.5 Å². The van der Waals surface area contributed by atoms with E-state index in [1.165, 1.54) is 0 Å². The first-order valence-corrected chi connectivity index (χ1v) is 7.36. The van der Waals surface area contributed by atoms with Crippen LogP contribution in [0.3, 0.4) is 0 Å². The average Bonchev–Trinajstić information content (AvgIpc) is 2.47. The highest BCUT2D eigenvalue weighted by molar-refractivity contribution is 5.94. The molecule has 0 aromatic heterocycles. The number of hydrogen-bond donors (Lipinski definition) is 2. The Morgan fingerprint density at radius 2 is 2.10 bits per heavy atom. The number of nitrogens with two attached hydrogens (primary N) is 1. The van der Waals surface area contributed by atoms with Crippen molar-refractivity contribution < 1.29 is 14.3 Å². The van der Waals surface area contributed by atoms with E-state index in [0.29, 0.717) is 23.8 Å². The number of benzene rings is 1. The summed E-state index contributed by atoms with van der Waals surface area (Å²) in [6.07, 6.45) is 2.02. The van der Waals surface area contributed by atoms with Crippen LogP contribution in [0.25, 0.3) is 0 Å². The molecule has 5 heteroatoms. The predicted molar refractivity (Wildman–Crippen MR) is 84.8 cm³/mol. The summed E-state index contributed by atoms with van der Waals surface area (Å²) in [7, 11) is 1.59. The SMILES string of the molecule is CCCCOc1ccc(OC)cc1NC(=O)C(C)C(C)N. The minimum Gasteiger partial charge on any atom is -0.497 e. The lowest BCUT2D eigenvalue weighted by Crippen LogP contribution is -2.34. The van der Waals surface area contributed by atoms with Crippen LogP contribution in [0.5, 0.6) is 11.5 Å². The van der Waals surface area contributed by atoms with Crippen molar-refractivity contribution in [1.29, 1.82) is 0 Å². The minimum atomic E-state index is -0.278. The van der Waals surface area contributed by atoms with Crippen molar-refractivity contribution in [2.75, 3.05) is 19.0 Å². The third kappa shape index (κ3) is 5.27. The number of hydrogen-bond acceptors (Lipinski definition) is 4. The monoisotopic (exact) mass is 294 g/mol. The molecule has 0 heterocycles. The van der Waals surface area contributed by atoms with Crippen molar-refractivity contribution >= 4 is 11.6 Å². The van der Waals surface area contributed by atoms with Crippen molar-refractivity contribution in [1.82, 2.24) is 0 Å². The van der Waals surface area contributed by atoms with Crippen molar-refractivity contribution in [2.24, 2.45) is 11.7 Å². The number of unbranched alkanes of at least 4 members (excludes halogenated alkanes) is 1. The quantitative estimate of drug-likeness (QED) is 0.723. The van der Waals surface area contributed by atoms with Gasteiger partial charge in [-0.3, -0.25) is 4.79 Å². The Hall–Kier alpha value is -1.75. The predicted octanol–water partition coefficient (Wildman–Crippen LogP) is 2.80. The lowest BCUT2D eigenvalue weighted by molar-refractivity contribution is -0.119. The van der Waals surface area contributed by atoms with Gasteiger partial charge in [0, 0.05) is 12.1 Å². The molecule has 2 unspecified atom stereocenters. The van der Waals surface area contributed by atoms with Gasteiger partial charge in [0.05, 0.1) is 25.3 Å². The molecule has 0 saturated carbocycles. The van der Waals surface area contributed by atoms with E-state index in [1.807, 2.05) is 13.0 Å². The van der Waals surface area contributed by atoms with E-state index >= 15 is 0 Å². The maximum atomic E-state index is 12.1. The molecule has 0 aliphatic heterocycles. The third-order valence-corrected chi connectivity index (χ3v) is 3.40. The number of carbonyl (C=O) groups is 1. The molecule has 0 spiro atoms. The first-order valence-electron chi connectivity index (χ1n) is 7.36. The number of nitrogens with one attached hydrogen (secondary N) is 1. The average molecular weight is 294 g/mol. The number of carbonyl (C=O) groups excluding carboxylic acids is 1. The summed E-state index contributed by atoms with van der Waals surface area (Å²) < 4.78 is 10.9. The number of ether oxygens (including phenoxy) is 2. The Morgan fingerprint density at radius 1 is 1.38 bits per heavy atom. The first-order chi connectivity index (χ1) is 9.99. The zero-order chi connectivity index (χ0) is 15.8. The normalized spacial score (nSPS) is 13.4. The Morgan fingerprint density at radius 3 is 2.67 bits per heavy atom. The maximum Gasteiger partial charge on any atom is 0.228 e. The van der Waals surface area contributed by atoms with Crippen LogP contribution in [0, 0.1) is 5.92 Å². The van der Waals surface area contributed by atoms with Crippen LogP contribution in [-0.4, -0.2) is 25.7 Å². The van der Waals surface area contributed by atoms with Gasteiger partial charge in [-0.25, -0.2) is 0 Å². The second-order valence-corrected chi connectivity index (χ2v) is 5.20. The Bertz CT molecular complexity index is 461. The topological polar surface area (TPSA) is 73.6 Å². The molecule has 1 amide bonds. The summed E-state index contributed by atoms with van der Waals surface area (Å²) in [6, 6.07) is 5.17. The molecule has 0 radical (unpaired) electrons. The molecule has 0 saturated heterocycles. The van der Waals surface area contributed by atoms with Crippen LogP contribution >= 0.6 is 0 Å². The second-order valence-electron chi connectivity index (χ2n) is 5.20. The minimum absolute atomic E-state index is 0.126. The lowest BCUT2D eigenvalue weighted by atomic mass is 10.0. The van der Waals surface area contributed by atoms with E-state index in [4.69, 9.17) is 15.2 Å². The van der Waals surface area contributed by atoms with Crippen molar-refractivity contribution in [3.63, 3.8) is 0 Å². The van der Waals surface area contributed by atoms with E-state index in [1.54, 1.807) is 26.2 Å². The molecule has 1 aromatic rings. The van der Waals surface area contributed by atoms with E-state index in [9.17, 15) is 4.79 Å². The molecule has 118 valence electrons. The molecule has 0 bridgehead atoms. The summed E-state index contributed by atoms with van der Waals surface area (Å²) in [4.78, 5) is 12.1. The van der Waals surface area contributed by atoms with E-state index in [2.05, 4.69) is 12.2 Å². The number of amides is 1. The van der Waals surface area contributed by atoms with Crippen LogP contribution in [0.4, 0.5) is 5.69 Å². The Kier molecular flexibility index (Phi) is 7.02. The van der Waals surface area contributed by atoms with Gasteiger partial charge in [-0.1, -0.05) is 20.3 Å².